The summed E-state index contributed by atoms with van der Waals surface area (Å²) in [5.74, 6) is 0.00708. The van der Waals surface area contributed by atoms with Gasteiger partial charge in [0.1, 0.15) is 0 Å². The largest absolute Gasteiger partial charge is 0.384 e. The lowest BCUT2D eigenvalue weighted by Crippen LogP contribution is -2.35. The maximum Gasteiger partial charge on any atom is 0.225 e. The first-order valence-electron chi connectivity index (χ1n) is 5.16. The number of rotatable bonds is 5. The zero-order chi connectivity index (χ0) is 11.3. The summed E-state index contributed by atoms with van der Waals surface area (Å²) in [5.41, 5.74) is 0. The number of carbonyl (C=O) groups is 2. The molecule has 0 bridgehead atoms. The van der Waals surface area contributed by atoms with Gasteiger partial charge in [0.25, 0.3) is 0 Å². The molecule has 0 saturated carbocycles. The van der Waals surface area contributed by atoms with Crippen LogP contribution in [-0.4, -0.2) is 38.6 Å². The van der Waals surface area contributed by atoms with Crippen molar-refractivity contribution < 1.29 is 14.3 Å². The van der Waals surface area contributed by atoms with Gasteiger partial charge in [-0.25, -0.2) is 0 Å². The molecular formula is C10H18N2O3. The van der Waals surface area contributed by atoms with Crippen LogP contribution in [-0.2, 0) is 14.3 Å². The van der Waals surface area contributed by atoms with Gasteiger partial charge < -0.3 is 15.4 Å². The third-order valence-corrected chi connectivity index (χ3v) is 2.42. The molecule has 2 unspecified atom stereocenters. The Morgan fingerprint density at radius 1 is 1.73 bits per heavy atom. The average molecular weight is 214 g/mol. The summed E-state index contributed by atoms with van der Waals surface area (Å²) in [4.78, 5) is 22.4. The number of amides is 2. The molecule has 1 aliphatic rings. The van der Waals surface area contributed by atoms with Gasteiger partial charge in [-0.3, -0.25) is 9.59 Å². The maximum absolute atomic E-state index is 11.6. The number of nitrogens with one attached hydrogen (secondary N) is 2. The Morgan fingerprint density at radius 3 is 3.00 bits per heavy atom. The van der Waals surface area contributed by atoms with Crippen molar-refractivity contribution in [3.8, 4) is 0 Å². The quantitative estimate of drug-likeness (QED) is 0.649. The lowest BCUT2D eigenvalue weighted by Gasteiger charge is -2.13. The summed E-state index contributed by atoms with van der Waals surface area (Å²) in [5, 5.41) is 5.46. The van der Waals surface area contributed by atoms with Gasteiger partial charge in [0.05, 0.1) is 12.5 Å². The Morgan fingerprint density at radius 2 is 2.47 bits per heavy atom. The van der Waals surface area contributed by atoms with E-state index in [2.05, 4.69) is 10.6 Å². The van der Waals surface area contributed by atoms with Gasteiger partial charge in [0.15, 0.2) is 0 Å². The predicted octanol–water partition coefficient (Wildman–Crippen LogP) is -0.479. The monoisotopic (exact) mass is 214 g/mol. The summed E-state index contributed by atoms with van der Waals surface area (Å²) in [6.45, 7) is 3.69. The number of ether oxygens (including phenoxy) is 1. The molecule has 0 aromatic carbocycles. The number of hydrogen-bond acceptors (Lipinski definition) is 3. The summed E-state index contributed by atoms with van der Waals surface area (Å²) < 4.78 is 4.96. The van der Waals surface area contributed by atoms with E-state index in [0.717, 1.165) is 0 Å². The van der Waals surface area contributed by atoms with Gasteiger partial charge in [0, 0.05) is 26.6 Å². The van der Waals surface area contributed by atoms with Crippen LogP contribution in [0.15, 0.2) is 0 Å². The number of carbonyl (C=O) groups excluding carboxylic acids is 2. The molecule has 5 heteroatoms. The molecule has 0 aromatic rings. The normalized spacial score (nSPS) is 22.3. The molecule has 0 aliphatic carbocycles. The maximum atomic E-state index is 11.6. The zero-order valence-electron chi connectivity index (χ0n) is 9.21. The molecule has 2 amide bonds. The highest BCUT2D eigenvalue weighted by molar-refractivity contribution is 5.89. The molecule has 86 valence electrons. The van der Waals surface area contributed by atoms with Crippen LogP contribution in [0.4, 0.5) is 0 Å². The molecule has 1 rings (SSSR count). The molecule has 15 heavy (non-hydrogen) atoms. The van der Waals surface area contributed by atoms with E-state index in [1.165, 1.54) is 0 Å². The minimum Gasteiger partial charge on any atom is -0.384 e. The smallest absolute Gasteiger partial charge is 0.225 e. The van der Waals surface area contributed by atoms with E-state index < -0.39 is 0 Å². The van der Waals surface area contributed by atoms with Crippen molar-refractivity contribution in [3.63, 3.8) is 0 Å². The van der Waals surface area contributed by atoms with E-state index in [1.54, 1.807) is 7.11 Å². The molecule has 1 aliphatic heterocycles. The van der Waals surface area contributed by atoms with Crippen LogP contribution in [0, 0.1) is 11.8 Å². The van der Waals surface area contributed by atoms with Gasteiger partial charge in [-0.2, -0.15) is 0 Å². The molecule has 1 fully saturated rings. The van der Waals surface area contributed by atoms with Crippen molar-refractivity contribution in [2.75, 3.05) is 26.8 Å². The molecule has 2 N–H and O–H groups in total. The van der Waals surface area contributed by atoms with Crippen LogP contribution in [0.25, 0.3) is 0 Å². The fourth-order valence-electron chi connectivity index (χ4n) is 1.55. The van der Waals surface area contributed by atoms with Crippen molar-refractivity contribution in [2.24, 2.45) is 11.8 Å². The summed E-state index contributed by atoms with van der Waals surface area (Å²) >= 11 is 0. The average Bonchev–Trinajstić information content (AvgIpc) is 2.62. The molecule has 0 radical (unpaired) electrons. The SMILES string of the molecule is COCC(C)CNC(=O)C1CNC(=O)C1. The Kier molecular flexibility index (Phi) is 4.55. The highest BCUT2D eigenvalue weighted by Gasteiger charge is 2.27. The van der Waals surface area contributed by atoms with E-state index >= 15 is 0 Å². The standard InChI is InChI=1S/C10H18N2O3/c1-7(6-15-2)4-12-10(14)8-3-9(13)11-5-8/h7-8H,3-6H2,1-2H3,(H,11,13)(H,12,14). The van der Waals surface area contributed by atoms with Crippen LogP contribution < -0.4 is 10.6 Å². The van der Waals surface area contributed by atoms with E-state index in [4.69, 9.17) is 4.74 Å². The van der Waals surface area contributed by atoms with Crippen molar-refractivity contribution in [1.29, 1.82) is 0 Å². The lowest BCUT2D eigenvalue weighted by molar-refractivity contribution is -0.126. The predicted molar refractivity (Wildman–Crippen MR) is 55.2 cm³/mol. The third kappa shape index (κ3) is 3.87. The van der Waals surface area contributed by atoms with E-state index in [-0.39, 0.29) is 17.7 Å². The van der Waals surface area contributed by atoms with Crippen molar-refractivity contribution in [3.05, 3.63) is 0 Å². The van der Waals surface area contributed by atoms with E-state index in [9.17, 15) is 9.59 Å². The Labute approximate surface area is 89.6 Å². The van der Waals surface area contributed by atoms with Crippen LogP contribution in [0.3, 0.4) is 0 Å². The molecule has 2 atom stereocenters. The van der Waals surface area contributed by atoms with Crippen LogP contribution in [0.2, 0.25) is 0 Å². The number of hydrogen-bond donors (Lipinski definition) is 2. The molecule has 1 saturated heterocycles. The van der Waals surface area contributed by atoms with Gasteiger partial charge >= 0.3 is 0 Å². The fraction of sp³-hybridized carbons (Fsp3) is 0.800. The van der Waals surface area contributed by atoms with E-state index in [0.29, 0.717) is 32.0 Å². The molecule has 0 aromatic heterocycles. The second-order valence-corrected chi connectivity index (χ2v) is 4.01. The zero-order valence-corrected chi connectivity index (χ0v) is 9.21. The first-order chi connectivity index (χ1) is 7.13. The highest BCUT2D eigenvalue weighted by Crippen LogP contribution is 2.08. The minimum absolute atomic E-state index is 0.0416. The van der Waals surface area contributed by atoms with Crippen molar-refractivity contribution in [2.45, 2.75) is 13.3 Å². The Bertz CT molecular complexity index is 243. The second kappa shape index (κ2) is 5.70. The summed E-state index contributed by atoms with van der Waals surface area (Å²) in [7, 11) is 1.64. The second-order valence-electron chi connectivity index (χ2n) is 4.01. The van der Waals surface area contributed by atoms with Gasteiger partial charge in [-0.05, 0) is 5.92 Å². The molecule has 1 heterocycles. The summed E-state index contributed by atoms with van der Waals surface area (Å²) in [6, 6.07) is 0. The van der Waals surface area contributed by atoms with Gasteiger partial charge in [0.2, 0.25) is 11.8 Å². The lowest BCUT2D eigenvalue weighted by atomic mass is 10.1. The van der Waals surface area contributed by atoms with E-state index in [1.807, 2.05) is 6.92 Å². The third-order valence-electron chi connectivity index (χ3n) is 2.42. The fourth-order valence-corrected chi connectivity index (χ4v) is 1.55. The topological polar surface area (TPSA) is 67.4 Å². The highest BCUT2D eigenvalue weighted by atomic mass is 16.5. The van der Waals surface area contributed by atoms with Crippen molar-refractivity contribution in [1.82, 2.24) is 10.6 Å². The van der Waals surface area contributed by atoms with Crippen molar-refractivity contribution >= 4 is 11.8 Å². The number of methoxy groups -OCH3 is 1. The van der Waals surface area contributed by atoms with Gasteiger partial charge in [-0.1, -0.05) is 6.92 Å². The van der Waals surface area contributed by atoms with Crippen LogP contribution >= 0.6 is 0 Å². The first-order valence-corrected chi connectivity index (χ1v) is 5.16. The Balaban J connectivity index is 2.21. The first kappa shape index (κ1) is 12.0. The summed E-state index contributed by atoms with van der Waals surface area (Å²) in [6.07, 6.45) is 0.310. The van der Waals surface area contributed by atoms with Crippen LogP contribution in [0.1, 0.15) is 13.3 Å². The van der Waals surface area contributed by atoms with Crippen LogP contribution in [0.5, 0.6) is 0 Å². The Hall–Kier alpha value is -1.10. The minimum atomic E-state index is -0.202. The molecule has 5 nitrogen and oxygen atoms in total. The molecular weight excluding hydrogens is 196 g/mol. The molecule has 0 spiro atoms. The van der Waals surface area contributed by atoms with Gasteiger partial charge in [-0.15, -0.1) is 0 Å².